The van der Waals surface area contributed by atoms with E-state index in [1.807, 2.05) is 30.3 Å². The van der Waals surface area contributed by atoms with Crippen LogP contribution in [-0.2, 0) is 6.54 Å². The maximum absolute atomic E-state index is 9.87. The van der Waals surface area contributed by atoms with Gasteiger partial charge in [-0.05, 0) is 50.1 Å². The monoisotopic (exact) mass is 389 g/mol. The molecule has 2 rings (SSSR count). The number of hydrogen-bond acceptors (Lipinski definition) is 2. The first-order valence-corrected chi connectivity index (χ1v) is 7.20. The van der Waals surface area contributed by atoms with Gasteiger partial charge in [-0.3, -0.25) is 0 Å². The molecule has 0 aliphatic carbocycles. The largest absolute Gasteiger partial charge is 0.506 e. The minimum absolute atomic E-state index is 0.253. The molecule has 0 aliphatic rings. The molecule has 0 amide bonds. The molecule has 0 spiro atoms. The summed E-state index contributed by atoms with van der Waals surface area (Å²) < 4.78 is 1.51. The van der Waals surface area contributed by atoms with E-state index >= 15 is 0 Å². The molecule has 2 aromatic carbocycles. The smallest absolute Gasteiger partial charge is 0.134 e. The molecule has 94 valence electrons. The summed E-state index contributed by atoms with van der Waals surface area (Å²) in [6.45, 7) is 0.518. The van der Waals surface area contributed by atoms with Crippen LogP contribution in [0.5, 0.6) is 5.75 Å². The molecule has 0 atom stereocenters. The van der Waals surface area contributed by atoms with Gasteiger partial charge in [0, 0.05) is 12.1 Å². The Kier molecular flexibility index (Phi) is 4.54. The number of phenolic OH excluding ortho intramolecular Hbond substituents is 1. The van der Waals surface area contributed by atoms with E-state index in [1.54, 1.807) is 6.07 Å². The van der Waals surface area contributed by atoms with Gasteiger partial charge in [-0.2, -0.15) is 0 Å². The second-order valence-electron chi connectivity index (χ2n) is 3.70. The Morgan fingerprint density at radius 2 is 1.83 bits per heavy atom. The molecule has 2 N–H and O–H groups in total. The first-order chi connectivity index (χ1) is 8.59. The van der Waals surface area contributed by atoms with Crippen molar-refractivity contribution < 1.29 is 5.11 Å². The Labute approximate surface area is 127 Å². The summed E-state index contributed by atoms with van der Waals surface area (Å²) >= 11 is 12.7. The number of hydrogen-bond donors (Lipinski definition) is 2. The van der Waals surface area contributed by atoms with Crippen molar-refractivity contribution in [2.75, 3.05) is 5.32 Å². The Bertz CT molecular complexity index is 523. The van der Waals surface area contributed by atoms with E-state index in [2.05, 4.69) is 37.2 Å². The lowest BCUT2D eigenvalue weighted by molar-refractivity contribution is 0.465. The van der Waals surface area contributed by atoms with Crippen LogP contribution in [0.15, 0.2) is 45.3 Å². The van der Waals surface area contributed by atoms with E-state index in [1.165, 1.54) is 0 Å². The van der Waals surface area contributed by atoms with Crippen molar-refractivity contribution in [3.8, 4) is 5.75 Å². The fraction of sp³-hybridized carbons (Fsp3) is 0.0769. The van der Waals surface area contributed by atoms with Crippen LogP contribution >= 0.6 is 43.5 Å². The van der Waals surface area contributed by atoms with Gasteiger partial charge in [0.15, 0.2) is 0 Å². The van der Waals surface area contributed by atoms with Crippen molar-refractivity contribution in [2.45, 2.75) is 6.54 Å². The molecule has 0 heterocycles. The topological polar surface area (TPSA) is 32.3 Å². The van der Waals surface area contributed by atoms with Gasteiger partial charge in [0.25, 0.3) is 0 Å². The highest BCUT2D eigenvalue weighted by atomic mass is 79.9. The van der Waals surface area contributed by atoms with E-state index in [4.69, 9.17) is 11.6 Å². The molecule has 0 saturated carbocycles. The fourth-order valence-electron chi connectivity index (χ4n) is 1.53. The highest BCUT2D eigenvalue weighted by Crippen LogP contribution is 2.32. The normalized spacial score (nSPS) is 10.4. The highest BCUT2D eigenvalue weighted by molar-refractivity contribution is 9.11. The molecule has 5 heteroatoms. The number of benzene rings is 2. The number of nitrogens with one attached hydrogen (secondary N) is 1. The van der Waals surface area contributed by atoms with Gasteiger partial charge in [0.1, 0.15) is 5.75 Å². The molecule has 0 bridgehead atoms. The molecule has 2 nitrogen and oxygen atoms in total. The van der Waals surface area contributed by atoms with Crippen LogP contribution in [0.25, 0.3) is 0 Å². The third kappa shape index (κ3) is 2.99. The van der Waals surface area contributed by atoms with Crippen LogP contribution in [-0.4, -0.2) is 5.11 Å². The zero-order valence-electron chi connectivity index (χ0n) is 9.25. The molecule has 0 aliphatic heterocycles. The zero-order chi connectivity index (χ0) is 13.1. The Balaban J connectivity index is 2.17. The van der Waals surface area contributed by atoms with Gasteiger partial charge in [0.2, 0.25) is 0 Å². The summed E-state index contributed by atoms with van der Waals surface area (Å²) in [5.41, 5.74) is 1.71. The summed E-state index contributed by atoms with van der Waals surface area (Å²) in [4.78, 5) is 0. The maximum atomic E-state index is 9.87. The van der Waals surface area contributed by atoms with Gasteiger partial charge in [0.05, 0.1) is 19.7 Å². The van der Waals surface area contributed by atoms with Crippen LogP contribution in [0.1, 0.15) is 5.56 Å². The van der Waals surface area contributed by atoms with Crippen LogP contribution in [0.4, 0.5) is 5.69 Å². The van der Waals surface area contributed by atoms with Crippen LogP contribution in [0.3, 0.4) is 0 Å². The van der Waals surface area contributed by atoms with Gasteiger partial charge >= 0.3 is 0 Å². The third-order valence-corrected chi connectivity index (χ3v) is 4.53. The molecule has 0 unspecified atom stereocenters. The average molecular weight is 391 g/mol. The van der Waals surface area contributed by atoms with E-state index in [9.17, 15) is 5.11 Å². The third-order valence-electron chi connectivity index (χ3n) is 2.49. The second-order valence-corrected chi connectivity index (χ2v) is 5.76. The summed E-state index contributed by atoms with van der Waals surface area (Å²) in [7, 11) is 0. The number of halogens is 3. The molecular formula is C13H10Br2ClNO. The molecule has 2 aromatic rings. The zero-order valence-corrected chi connectivity index (χ0v) is 13.2. The predicted octanol–water partition coefficient (Wildman–Crippen LogP) is 5.18. The molecule has 0 aromatic heterocycles. The van der Waals surface area contributed by atoms with Crippen LogP contribution in [0, 0.1) is 0 Å². The van der Waals surface area contributed by atoms with E-state index in [-0.39, 0.29) is 5.75 Å². The quantitative estimate of drug-likeness (QED) is 0.755. The van der Waals surface area contributed by atoms with E-state index in [0.717, 1.165) is 15.7 Å². The van der Waals surface area contributed by atoms with Crippen molar-refractivity contribution in [3.63, 3.8) is 0 Å². The van der Waals surface area contributed by atoms with Gasteiger partial charge in [-0.1, -0.05) is 29.8 Å². The van der Waals surface area contributed by atoms with Gasteiger partial charge < -0.3 is 10.4 Å². The molecule has 0 fully saturated rings. The van der Waals surface area contributed by atoms with Crippen molar-refractivity contribution in [1.29, 1.82) is 0 Å². The van der Waals surface area contributed by atoms with Gasteiger partial charge in [-0.15, -0.1) is 0 Å². The molecule has 0 radical (unpaired) electrons. The minimum atomic E-state index is 0.253. The number of para-hydroxylation sites is 1. The van der Waals surface area contributed by atoms with Crippen molar-refractivity contribution in [3.05, 3.63) is 55.9 Å². The first-order valence-electron chi connectivity index (χ1n) is 5.24. The summed E-state index contributed by atoms with van der Waals surface area (Å²) in [6.07, 6.45) is 0. The molecular weight excluding hydrogens is 381 g/mol. The lowest BCUT2D eigenvalue weighted by Crippen LogP contribution is -2.00. The van der Waals surface area contributed by atoms with Crippen molar-refractivity contribution >= 4 is 49.1 Å². The molecule has 18 heavy (non-hydrogen) atoms. The number of anilines is 1. The van der Waals surface area contributed by atoms with Crippen LogP contribution in [0.2, 0.25) is 5.02 Å². The van der Waals surface area contributed by atoms with E-state index < -0.39 is 0 Å². The Morgan fingerprint density at radius 1 is 1.11 bits per heavy atom. The lowest BCUT2D eigenvalue weighted by atomic mass is 10.2. The number of aromatic hydroxyl groups is 1. The second kappa shape index (κ2) is 5.95. The maximum Gasteiger partial charge on any atom is 0.134 e. The Hall–Kier alpha value is -0.710. The SMILES string of the molecule is Oc1c(Br)cccc1CNc1cccc(Cl)c1Br. The van der Waals surface area contributed by atoms with E-state index in [0.29, 0.717) is 16.0 Å². The minimum Gasteiger partial charge on any atom is -0.506 e. The van der Waals surface area contributed by atoms with Crippen LogP contribution < -0.4 is 5.32 Å². The van der Waals surface area contributed by atoms with Gasteiger partial charge in [-0.25, -0.2) is 0 Å². The Morgan fingerprint density at radius 3 is 2.61 bits per heavy atom. The molecule has 0 saturated heterocycles. The predicted molar refractivity (Wildman–Crippen MR) is 82.3 cm³/mol. The lowest BCUT2D eigenvalue weighted by Gasteiger charge is -2.11. The summed E-state index contributed by atoms with van der Waals surface area (Å²) in [6, 6.07) is 11.2. The fourth-order valence-corrected chi connectivity index (χ4v) is 2.52. The van der Waals surface area contributed by atoms with Crippen molar-refractivity contribution in [2.24, 2.45) is 0 Å². The highest BCUT2D eigenvalue weighted by Gasteiger charge is 2.07. The first kappa shape index (κ1) is 13.7. The summed E-state index contributed by atoms with van der Waals surface area (Å²) in [5.74, 6) is 0.253. The number of phenols is 1. The number of rotatable bonds is 3. The standard InChI is InChI=1S/C13H10Br2ClNO/c14-9-4-1-3-8(13(9)18)7-17-11-6-2-5-10(16)12(11)15/h1-6,17-18H,7H2. The average Bonchev–Trinajstić information content (AvgIpc) is 2.36. The van der Waals surface area contributed by atoms with Crippen molar-refractivity contribution in [1.82, 2.24) is 0 Å². The summed E-state index contributed by atoms with van der Waals surface area (Å²) in [5, 5.41) is 13.8.